The van der Waals surface area contributed by atoms with Crippen LogP contribution in [0.5, 0.6) is 0 Å². The molecule has 0 unspecified atom stereocenters. The van der Waals surface area contributed by atoms with E-state index < -0.39 is 0 Å². The molecule has 0 heterocycles. The third kappa shape index (κ3) is 1.22. The zero-order chi connectivity index (χ0) is 9.26. The molecule has 1 aromatic carbocycles. The smallest absolute Gasteiger partial charge is 0.260 e. The third-order valence-electron chi connectivity index (χ3n) is 2.14. The van der Waals surface area contributed by atoms with E-state index in [1.807, 2.05) is 36.4 Å². The molecule has 0 amide bonds. The van der Waals surface area contributed by atoms with Gasteiger partial charge in [0.2, 0.25) is 0 Å². The molecule has 0 bridgehead atoms. The zero-order valence-corrected chi connectivity index (χ0v) is 7.45. The van der Waals surface area contributed by atoms with Gasteiger partial charge in [-0.3, -0.25) is 4.42 Å². The van der Waals surface area contributed by atoms with Crippen molar-refractivity contribution in [3.63, 3.8) is 0 Å². The Labute approximate surface area is 77.7 Å². The largest absolute Gasteiger partial charge is 0.326 e. The fourth-order valence-corrected chi connectivity index (χ4v) is 1.47. The van der Waals surface area contributed by atoms with E-state index in [9.17, 15) is 0 Å². The number of hydrogen-bond acceptors (Lipinski definition) is 0. The summed E-state index contributed by atoms with van der Waals surface area (Å²) in [6, 6.07) is 7.94. The maximum absolute atomic E-state index is 5.82. The number of fused-ring (bicyclic) bond motifs is 1. The molecule has 1 aliphatic rings. The van der Waals surface area contributed by atoms with Crippen LogP contribution < -0.4 is 0 Å². The lowest BCUT2D eigenvalue weighted by atomic mass is 9.93. The molecule has 0 fully saturated rings. The number of rotatable bonds is 0. The van der Waals surface area contributed by atoms with Crippen molar-refractivity contribution in [2.75, 3.05) is 7.11 Å². The summed E-state index contributed by atoms with van der Waals surface area (Å²) in [5.74, 6) is 0.866. The van der Waals surface area contributed by atoms with Crippen LogP contribution in [0.15, 0.2) is 36.4 Å². The fraction of sp³-hybridized carbons (Fsp3) is 0.0833. The van der Waals surface area contributed by atoms with E-state index in [0.29, 0.717) is 0 Å². The van der Waals surface area contributed by atoms with Gasteiger partial charge in [-0.05, 0) is 6.08 Å². The van der Waals surface area contributed by atoms with Crippen molar-refractivity contribution in [1.82, 2.24) is 0 Å². The quantitative estimate of drug-likeness (QED) is 0.418. The molecule has 64 valence electrons. The van der Waals surface area contributed by atoms with Gasteiger partial charge in [-0.25, -0.2) is 6.58 Å². The first-order chi connectivity index (χ1) is 6.33. The van der Waals surface area contributed by atoms with Crippen LogP contribution in [-0.2, 0) is 0 Å². The summed E-state index contributed by atoms with van der Waals surface area (Å²) in [5.41, 5.74) is 2.89. The minimum atomic E-state index is 0.788. The van der Waals surface area contributed by atoms with Crippen molar-refractivity contribution in [3.8, 4) is 0 Å². The van der Waals surface area contributed by atoms with Crippen molar-refractivity contribution >= 4 is 11.4 Å². The van der Waals surface area contributed by atoms with E-state index in [4.69, 9.17) is 11.0 Å². The molecule has 2 rings (SSSR count). The van der Waals surface area contributed by atoms with Gasteiger partial charge < -0.3 is 0 Å². The molecule has 0 aliphatic heterocycles. The lowest BCUT2D eigenvalue weighted by Gasteiger charge is -2.16. The summed E-state index contributed by atoms with van der Waals surface area (Å²) >= 11 is 0. The normalized spacial score (nSPS) is 17.6. The van der Waals surface area contributed by atoms with Gasteiger partial charge in [0.1, 0.15) is 0 Å². The summed E-state index contributed by atoms with van der Waals surface area (Å²) in [5, 5.41) is 0. The molecule has 0 radical (unpaired) electrons. The lowest BCUT2D eigenvalue weighted by molar-refractivity contribution is -0.222. The fourth-order valence-electron chi connectivity index (χ4n) is 1.47. The summed E-state index contributed by atoms with van der Waals surface area (Å²) in [4.78, 5) is 0. The van der Waals surface area contributed by atoms with Crippen LogP contribution in [-0.4, -0.2) is 12.9 Å². The molecule has 0 aromatic heterocycles. The predicted molar refractivity (Wildman–Crippen MR) is 53.5 cm³/mol. The van der Waals surface area contributed by atoms with Gasteiger partial charge in [-0.15, -0.1) is 11.6 Å². The first-order valence-electron chi connectivity index (χ1n) is 4.14. The van der Waals surface area contributed by atoms with Crippen LogP contribution in [0.3, 0.4) is 0 Å². The molecule has 1 nitrogen and oxygen atoms in total. The SMILES string of the molecule is [CH-]=C1C=CC(=[O+]C)c2ccccc21. The second kappa shape index (κ2) is 3.02. The number of benzene rings is 1. The average molecular weight is 170 g/mol. The number of carbonyl (C=O) groups excluding carboxylic acids is 1. The highest BCUT2D eigenvalue weighted by atomic mass is 16.4. The Morgan fingerprint density at radius 2 is 1.77 bits per heavy atom. The van der Waals surface area contributed by atoms with E-state index in [1.165, 1.54) is 0 Å². The van der Waals surface area contributed by atoms with Crippen LogP contribution in [0.2, 0.25) is 0 Å². The van der Waals surface area contributed by atoms with Crippen LogP contribution in [0.25, 0.3) is 5.57 Å². The highest BCUT2D eigenvalue weighted by molar-refractivity contribution is 6.12. The zero-order valence-electron chi connectivity index (χ0n) is 7.45. The molecule has 1 aliphatic carbocycles. The third-order valence-corrected chi connectivity index (χ3v) is 2.14. The molecule has 1 heteroatoms. The van der Waals surface area contributed by atoms with Gasteiger partial charge in [-0.2, -0.15) is 11.6 Å². The monoisotopic (exact) mass is 170 g/mol. The Kier molecular flexibility index (Phi) is 1.85. The van der Waals surface area contributed by atoms with E-state index in [1.54, 1.807) is 7.11 Å². The Morgan fingerprint density at radius 3 is 2.46 bits per heavy atom. The van der Waals surface area contributed by atoms with Gasteiger partial charge in [0, 0.05) is 5.56 Å². The summed E-state index contributed by atoms with van der Waals surface area (Å²) in [6.07, 6.45) is 3.75. The molecule has 0 saturated heterocycles. The molecule has 0 atom stereocenters. The van der Waals surface area contributed by atoms with Crippen LogP contribution >= 0.6 is 0 Å². The Morgan fingerprint density at radius 1 is 1.08 bits per heavy atom. The number of ketones is 1. The van der Waals surface area contributed by atoms with Gasteiger partial charge >= 0.3 is 5.78 Å². The minimum Gasteiger partial charge on any atom is -0.260 e. The topological polar surface area (TPSA) is 11.3 Å². The van der Waals surface area contributed by atoms with E-state index in [0.717, 1.165) is 22.5 Å². The maximum atomic E-state index is 5.82. The Hall–Kier alpha value is -1.63. The molecule has 0 spiro atoms. The number of hydrogen-bond donors (Lipinski definition) is 0. The molecule has 0 N–H and O–H groups in total. The van der Waals surface area contributed by atoms with Gasteiger partial charge in [0.25, 0.3) is 7.11 Å². The van der Waals surface area contributed by atoms with Gasteiger partial charge in [-0.1, -0.05) is 18.2 Å². The number of allylic oxidation sites excluding steroid dienone is 3. The molecule has 0 saturated carbocycles. The minimum absolute atomic E-state index is 0.788. The van der Waals surface area contributed by atoms with Gasteiger partial charge in [0.05, 0.1) is 0 Å². The van der Waals surface area contributed by atoms with Crippen molar-refractivity contribution in [3.05, 3.63) is 54.1 Å². The molecule has 13 heavy (non-hydrogen) atoms. The summed E-state index contributed by atoms with van der Waals surface area (Å²) in [6.45, 7) is 5.82. The van der Waals surface area contributed by atoms with E-state index >= 15 is 0 Å². The first kappa shape index (κ1) is 7.99. The van der Waals surface area contributed by atoms with Gasteiger partial charge in [0.15, 0.2) is 0 Å². The summed E-state index contributed by atoms with van der Waals surface area (Å²) in [7, 11) is 1.66. The molecular weight excluding hydrogens is 160 g/mol. The van der Waals surface area contributed by atoms with Crippen molar-refractivity contribution < 1.29 is 4.42 Å². The van der Waals surface area contributed by atoms with Crippen LogP contribution in [0.4, 0.5) is 0 Å². The highest BCUT2D eigenvalue weighted by Crippen LogP contribution is 2.23. The predicted octanol–water partition coefficient (Wildman–Crippen LogP) is 2.42. The van der Waals surface area contributed by atoms with E-state index in [-0.39, 0.29) is 0 Å². The average Bonchev–Trinajstić information content (AvgIpc) is 2.19. The highest BCUT2D eigenvalue weighted by Gasteiger charge is 2.13. The van der Waals surface area contributed by atoms with E-state index in [2.05, 4.69) is 0 Å². The first-order valence-corrected chi connectivity index (χ1v) is 4.14. The van der Waals surface area contributed by atoms with Crippen LogP contribution in [0.1, 0.15) is 15.6 Å². The standard InChI is InChI=1S/C12H10O/c1-9-7-8-12(13-2)11-6-4-3-5-10(9)11/h1,3-8H,2H3. The van der Waals surface area contributed by atoms with Crippen molar-refractivity contribution in [1.29, 1.82) is 0 Å². The van der Waals surface area contributed by atoms with Crippen LogP contribution in [0, 0.1) is 6.58 Å². The Bertz CT molecular complexity index is 411. The molecule has 1 aromatic rings. The Balaban J connectivity index is 2.68. The second-order valence-corrected chi connectivity index (χ2v) is 2.90. The van der Waals surface area contributed by atoms with Crippen molar-refractivity contribution in [2.45, 2.75) is 0 Å². The molecular formula is C12H10O. The maximum Gasteiger partial charge on any atom is 0.326 e. The summed E-state index contributed by atoms with van der Waals surface area (Å²) < 4.78 is 5.23. The lowest BCUT2D eigenvalue weighted by Crippen LogP contribution is -2.05. The van der Waals surface area contributed by atoms with Crippen molar-refractivity contribution in [2.24, 2.45) is 0 Å². The second-order valence-electron chi connectivity index (χ2n) is 2.90.